The van der Waals surface area contributed by atoms with Gasteiger partial charge in [-0.1, -0.05) is 30.3 Å². The molecular formula is C22H28N4O3. The van der Waals surface area contributed by atoms with Crippen molar-refractivity contribution in [1.82, 2.24) is 15.1 Å². The highest BCUT2D eigenvalue weighted by molar-refractivity contribution is 5.78. The monoisotopic (exact) mass is 396 g/mol. The first-order valence-corrected chi connectivity index (χ1v) is 9.99. The van der Waals surface area contributed by atoms with Crippen molar-refractivity contribution in [3.05, 3.63) is 60.1 Å². The van der Waals surface area contributed by atoms with Gasteiger partial charge in [0, 0.05) is 39.1 Å². The van der Waals surface area contributed by atoms with Crippen LogP contribution in [0, 0.1) is 11.3 Å². The normalized spacial score (nSPS) is 17.2. The quantitative estimate of drug-likeness (QED) is 0.662. The van der Waals surface area contributed by atoms with Gasteiger partial charge < -0.3 is 14.5 Å². The Morgan fingerprint density at radius 2 is 2.14 bits per heavy atom. The van der Waals surface area contributed by atoms with Crippen LogP contribution >= 0.6 is 0 Å². The topological polar surface area (TPSA) is 81.7 Å². The van der Waals surface area contributed by atoms with Gasteiger partial charge in [0.25, 0.3) is 0 Å². The summed E-state index contributed by atoms with van der Waals surface area (Å²) in [7, 11) is 0. The minimum Gasteiger partial charge on any atom is -0.468 e. The molecule has 1 fully saturated rings. The van der Waals surface area contributed by atoms with E-state index in [-0.39, 0.29) is 18.6 Å². The minimum absolute atomic E-state index is 0.0194. The summed E-state index contributed by atoms with van der Waals surface area (Å²) < 4.78 is 11.2. The summed E-state index contributed by atoms with van der Waals surface area (Å²) in [6, 6.07) is 16.2. The van der Waals surface area contributed by atoms with Gasteiger partial charge in [-0.05, 0) is 17.7 Å². The van der Waals surface area contributed by atoms with Crippen molar-refractivity contribution in [2.45, 2.75) is 25.6 Å². The molecule has 3 rings (SSSR count). The molecule has 0 radical (unpaired) electrons. The molecule has 2 aromatic rings. The van der Waals surface area contributed by atoms with Crippen molar-refractivity contribution in [3.8, 4) is 6.07 Å². The molecule has 1 aromatic heterocycles. The second-order valence-corrected chi connectivity index (χ2v) is 7.22. The highest BCUT2D eigenvalue weighted by Crippen LogP contribution is 2.10. The van der Waals surface area contributed by atoms with Gasteiger partial charge in [0.1, 0.15) is 5.76 Å². The standard InChI is InChI=1S/C22H28N4O3/c23-9-5-10-25(16-20-8-4-12-28-20)18-22(27)24-14-21-17-26(11-13-29-21)15-19-6-2-1-3-7-19/h1-4,6-8,12,21H,5,10-11,13-18H2,(H,24,27). The van der Waals surface area contributed by atoms with Gasteiger partial charge in [-0.15, -0.1) is 0 Å². The maximum Gasteiger partial charge on any atom is 0.234 e. The lowest BCUT2D eigenvalue weighted by atomic mass is 10.2. The van der Waals surface area contributed by atoms with E-state index < -0.39 is 0 Å². The molecule has 29 heavy (non-hydrogen) atoms. The van der Waals surface area contributed by atoms with Crippen LogP contribution in [-0.2, 0) is 22.6 Å². The summed E-state index contributed by atoms with van der Waals surface area (Å²) in [6.07, 6.45) is 1.96. The Labute approximate surface area is 171 Å². The van der Waals surface area contributed by atoms with Gasteiger partial charge >= 0.3 is 0 Å². The van der Waals surface area contributed by atoms with E-state index in [0.717, 1.165) is 25.4 Å². The fourth-order valence-electron chi connectivity index (χ4n) is 3.42. The summed E-state index contributed by atoms with van der Waals surface area (Å²) in [6.45, 7) is 4.98. The Kier molecular flexibility index (Phi) is 8.25. The van der Waals surface area contributed by atoms with E-state index in [2.05, 4.69) is 28.4 Å². The Bertz CT molecular complexity index is 773. The number of morpholine rings is 1. The van der Waals surface area contributed by atoms with Crippen LogP contribution in [0.5, 0.6) is 0 Å². The second-order valence-electron chi connectivity index (χ2n) is 7.22. The Morgan fingerprint density at radius 3 is 2.90 bits per heavy atom. The zero-order valence-electron chi connectivity index (χ0n) is 16.6. The van der Waals surface area contributed by atoms with Gasteiger partial charge in [-0.3, -0.25) is 14.6 Å². The molecular weight excluding hydrogens is 368 g/mol. The first kappa shape index (κ1) is 21.1. The van der Waals surface area contributed by atoms with Crippen LogP contribution in [0.25, 0.3) is 0 Å². The highest BCUT2D eigenvalue weighted by Gasteiger charge is 2.21. The maximum atomic E-state index is 12.4. The van der Waals surface area contributed by atoms with Crippen molar-refractivity contribution in [1.29, 1.82) is 5.26 Å². The third-order valence-electron chi connectivity index (χ3n) is 4.87. The van der Waals surface area contributed by atoms with Crippen LogP contribution in [0.2, 0.25) is 0 Å². The lowest BCUT2D eigenvalue weighted by Gasteiger charge is -2.33. The van der Waals surface area contributed by atoms with Gasteiger partial charge in [-0.25, -0.2) is 0 Å². The van der Waals surface area contributed by atoms with Crippen LogP contribution in [0.3, 0.4) is 0 Å². The van der Waals surface area contributed by atoms with Crippen molar-refractivity contribution >= 4 is 5.91 Å². The number of rotatable bonds is 10. The van der Waals surface area contributed by atoms with Crippen molar-refractivity contribution in [2.24, 2.45) is 0 Å². The first-order valence-electron chi connectivity index (χ1n) is 9.99. The zero-order valence-corrected chi connectivity index (χ0v) is 16.6. The molecule has 1 saturated heterocycles. The van der Waals surface area contributed by atoms with Crippen molar-refractivity contribution in [2.75, 3.05) is 39.3 Å². The molecule has 1 aliphatic rings. The molecule has 1 atom stereocenters. The SMILES string of the molecule is N#CCCN(CC(=O)NCC1CN(Cc2ccccc2)CCO1)Cc1ccco1. The number of benzene rings is 1. The molecule has 2 heterocycles. The number of hydrogen-bond donors (Lipinski definition) is 1. The summed E-state index contributed by atoms with van der Waals surface area (Å²) in [5.74, 6) is 0.709. The number of carbonyl (C=O) groups is 1. The van der Waals surface area contributed by atoms with Crippen LogP contribution in [0.4, 0.5) is 0 Å². The third kappa shape index (κ3) is 7.35. The van der Waals surface area contributed by atoms with E-state index in [1.165, 1.54) is 5.56 Å². The minimum atomic E-state index is -0.0710. The number of nitrogens with zero attached hydrogens (tertiary/aromatic N) is 3. The predicted molar refractivity (Wildman–Crippen MR) is 109 cm³/mol. The number of furan rings is 1. The van der Waals surface area contributed by atoms with E-state index in [0.29, 0.717) is 32.7 Å². The molecule has 1 unspecified atom stereocenters. The molecule has 0 bridgehead atoms. The predicted octanol–water partition coefficient (Wildman–Crippen LogP) is 2.01. The highest BCUT2D eigenvalue weighted by atomic mass is 16.5. The fourth-order valence-corrected chi connectivity index (χ4v) is 3.42. The lowest BCUT2D eigenvalue weighted by Crippen LogP contribution is -2.48. The molecule has 0 spiro atoms. The van der Waals surface area contributed by atoms with Crippen LogP contribution in [-0.4, -0.2) is 61.1 Å². The largest absolute Gasteiger partial charge is 0.468 e. The maximum absolute atomic E-state index is 12.4. The molecule has 7 nitrogen and oxygen atoms in total. The fraction of sp³-hybridized carbons (Fsp3) is 0.455. The van der Waals surface area contributed by atoms with E-state index >= 15 is 0 Å². The lowest BCUT2D eigenvalue weighted by molar-refractivity contribution is -0.123. The van der Waals surface area contributed by atoms with Crippen LogP contribution in [0.1, 0.15) is 17.7 Å². The summed E-state index contributed by atoms with van der Waals surface area (Å²) in [5, 5.41) is 11.8. The average Bonchev–Trinajstić information content (AvgIpc) is 3.25. The van der Waals surface area contributed by atoms with E-state index in [1.54, 1.807) is 6.26 Å². The number of hydrogen-bond acceptors (Lipinski definition) is 6. The molecule has 7 heteroatoms. The van der Waals surface area contributed by atoms with Crippen LogP contribution in [0.15, 0.2) is 53.1 Å². The van der Waals surface area contributed by atoms with Crippen molar-refractivity contribution < 1.29 is 13.9 Å². The number of nitrogens with one attached hydrogen (secondary N) is 1. The molecule has 1 N–H and O–H groups in total. The smallest absolute Gasteiger partial charge is 0.234 e. The second kappa shape index (κ2) is 11.4. The van der Waals surface area contributed by atoms with Crippen molar-refractivity contribution in [3.63, 3.8) is 0 Å². The Hall–Kier alpha value is -2.66. The van der Waals surface area contributed by atoms with E-state index in [4.69, 9.17) is 14.4 Å². The molecule has 1 amide bonds. The first-order chi connectivity index (χ1) is 14.2. The molecule has 0 aliphatic carbocycles. The van der Waals surface area contributed by atoms with Gasteiger partial charge in [0.15, 0.2) is 0 Å². The van der Waals surface area contributed by atoms with Gasteiger partial charge in [-0.2, -0.15) is 5.26 Å². The molecule has 0 saturated carbocycles. The number of carbonyl (C=O) groups excluding carboxylic acids is 1. The summed E-state index contributed by atoms with van der Waals surface area (Å²) in [5.41, 5.74) is 1.28. The van der Waals surface area contributed by atoms with Crippen LogP contribution < -0.4 is 5.32 Å². The number of amides is 1. The Morgan fingerprint density at radius 1 is 1.28 bits per heavy atom. The number of nitriles is 1. The van der Waals surface area contributed by atoms with Gasteiger partial charge in [0.05, 0.1) is 38.1 Å². The Balaban J connectivity index is 1.42. The molecule has 1 aliphatic heterocycles. The zero-order chi connectivity index (χ0) is 20.3. The van der Waals surface area contributed by atoms with E-state index in [1.807, 2.05) is 35.2 Å². The molecule has 1 aromatic carbocycles. The van der Waals surface area contributed by atoms with E-state index in [9.17, 15) is 4.79 Å². The van der Waals surface area contributed by atoms with Gasteiger partial charge in [0.2, 0.25) is 5.91 Å². The average molecular weight is 396 g/mol. The summed E-state index contributed by atoms with van der Waals surface area (Å²) in [4.78, 5) is 16.7. The molecule has 154 valence electrons. The third-order valence-corrected chi connectivity index (χ3v) is 4.87. The summed E-state index contributed by atoms with van der Waals surface area (Å²) >= 11 is 0. The number of ether oxygens (including phenoxy) is 1.